The van der Waals surface area contributed by atoms with E-state index in [2.05, 4.69) is 5.32 Å². The lowest BCUT2D eigenvalue weighted by molar-refractivity contribution is -0.138. The number of rotatable bonds is 5. The second kappa shape index (κ2) is 6.74. The Balaban J connectivity index is 1.63. The van der Waals surface area contributed by atoms with Crippen LogP contribution in [0.15, 0.2) is 48.5 Å². The quantitative estimate of drug-likeness (QED) is 0.857. The summed E-state index contributed by atoms with van der Waals surface area (Å²) in [4.78, 5) is 25.1. The lowest BCUT2D eigenvalue weighted by Crippen LogP contribution is -2.34. The molecule has 0 unspecified atom stereocenters. The van der Waals surface area contributed by atoms with Crippen molar-refractivity contribution in [1.82, 2.24) is 4.90 Å². The Hall–Kier alpha value is -2.82. The minimum atomic E-state index is -0.485. The summed E-state index contributed by atoms with van der Waals surface area (Å²) >= 11 is 0. The number of likely N-dealkylation sites (N-methyl/N-ethyl adjacent to an activating group) is 1. The molecule has 2 amide bonds. The first-order valence-corrected chi connectivity index (χ1v) is 8.02. The number of imide groups is 1. The highest BCUT2D eigenvalue weighted by atomic mass is 16.5. The van der Waals surface area contributed by atoms with E-state index in [0.717, 1.165) is 11.4 Å². The number of nitrogens with zero attached hydrogens (tertiary/aromatic N) is 1. The van der Waals surface area contributed by atoms with Crippen LogP contribution in [0.25, 0.3) is 0 Å². The van der Waals surface area contributed by atoms with Crippen LogP contribution in [0.4, 0.5) is 5.69 Å². The number of hydrogen-bond donors (Lipinski definition) is 1. The highest BCUT2D eigenvalue weighted by Crippen LogP contribution is 2.24. The van der Waals surface area contributed by atoms with Gasteiger partial charge in [0, 0.05) is 12.2 Å². The molecule has 5 heteroatoms. The molecule has 0 aliphatic carbocycles. The first-order valence-electron chi connectivity index (χ1n) is 8.02. The third-order valence-electron chi connectivity index (χ3n) is 4.01. The number of ether oxygens (including phenoxy) is 1. The molecule has 2 aromatic rings. The van der Waals surface area contributed by atoms with Gasteiger partial charge in [0.25, 0.3) is 5.91 Å². The van der Waals surface area contributed by atoms with Gasteiger partial charge in [0.15, 0.2) is 0 Å². The van der Waals surface area contributed by atoms with E-state index >= 15 is 0 Å². The van der Waals surface area contributed by atoms with E-state index in [4.69, 9.17) is 4.74 Å². The molecular weight excluding hydrogens is 304 g/mol. The molecule has 0 spiro atoms. The summed E-state index contributed by atoms with van der Waals surface area (Å²) in [7, 11) is 0. The number of aryl methyl sites for hydroxylation is 1. The fourth-order valence-electron chi connectivity index (χ4n) is 2.69. The van der Waals surface area contributed by atoms with Crippen molar-refractivity contribution in [3.05, 3.63) is 54.1 Å². The van der Waals surface area contributed by atoms with Gasteiger partial charge in [0.1, 0.15) is 17.5 Å². The summed E-state index contributed by atoms with van der Waals surface area (Å²) in [5, 5.41) is 3.12. The van der Waals surface area contributed by atoms with E-state index in [1.807, 2.05) is 55.5 Å². The van der Waals surface area contributed by atoms with E-state index in [1.54, 1.807) is 6.92 Å². The van der Waals surface area contributed by atoms with Crippen molar-refractivity contribution < 1.29 is 14.3 Å². The Morgan fingerprint density at radius 2 is 1.62 bits per heavy atom. The molecule has 2 aromatic carbocycles. The minimum absolute atomic E-state index is 0.126. The van der Waals surface area contributed by atoms with Gasteiger partial charge in [-0.15, -0.1) is 0 Å². The fourth-order valence-corrected chi connectivity index (χ4v) is 2.69. The van der Waals surface area contributed by atoms with Crippen molar-refractivity contribution in [3.8, 4) is 11.5 Å². The minimum Gasteiger partial charge on any atom is -0.457 e. The normalized spacial score (nSPS) is 17.2. The zero-order valence-corrected chi connectivity index (χ0v) is 13.8. The SMILES string of the molecule is CCN1C(=O)C[C@H](Nc2ccc(Oc3ccc(C)cc3)cc2)C1=O. The van der Waals surface area contributed by atoms with Crippen LogP contribution >= 0.6 is 0 Å². The van der Waals surface area contributed by atoms with Crippen LogP contribution < -0.4 is 10.1 Å². The highest BCUT2D eigenvalue weighted by Gasteiger charge is 2.37. The number of anilines is 1. The van der Waals surface area contributed by atoms with Gasteiger partial charge in [0.05, 0.1) is 6.42 Å². The van der Waals surface area contributed by atoms with Crippen molar-refractivity contribution in [2.24, 2.45) is 0 Å². The second-order valence-electron chi connectivity index (χ2n) is 5.82. The Labute approximate surface area is 141 Å². The van der Waals surface area contributed by atoms with Crippen molar-refractivity contribution >= 4 is 17.5 Å². The first kappa shape index (κ1) is 16.1. The molecule has 24 heavy (non-hydrogen) atoms. The van der Waals surface area contributed by atoms with Crippen molar-refractivity contribution in [1.29, 1.82) is 0 Å². The van der Waals surface area contributed by atoms with Crippen molar-refractivity contribution in [3.63, 3.8) is 0 Å². The molecule has 0 aromatic heterocycles. The molecule has 5 nitrogen and oxygen atoms in total. The average Bonchev–Trinajstić information content (AvgIpc) is 2.85. The summed E-state index contributed by atoms with van der Waals surface area (Å²) < 4.78 is 5.77. The Kier molecular flexibility index (Phi) is 4.51. The number of nitrogens with one attached hydrogen (secondary N) is 1. The smallest absolute Gasteiger partial charge is 0.252 e. The molecule has 0 saturated carbocycles. The van der Waals surface area contributed by atoms with Gasteiger partial charge in [-0.1, -0.05) is 17.7 Å². The molecule has 1 saturated heterocycles. The van der Waals surface area contributed by atoms with Gasteiger partial charge in [-0.25, -0.2) is 0 Å². The zero-order valence-electron chi connectivity index (χ0n) is 13.8. The van der Waals surface area contributed by atoms with E-state index in [-0.39, 0.29) is 18.2 Å². The lowest BCUT2D eigenvalue weighted by Gasteiger charge is -2.14. The first-order chi connectivity index (χ1) is 11.6. The standard InChI is InChI=1S/C19H20N2O3/c1-3-21-18(22)12-17(19(21)23)20-14-6-10-16(11-7-14)24-15-8-4-13(2)5-9-15/h4-11,17,20H,3,12H2,1-2H3/t17-/m0/s1. The number of amides is 2. The van der Waals surface area contributed by atoms with E-state index in [1.165, 1.54) is 10.5 Å². The molecule has 1 aliphatic rings. The maximum atomic E-state index is 12.1. The Morgan fingerprint density at radius 3 is 2.17 bits per heavy atom. The molecular formula is C19H20N2O3. The molecule has 0 radical (unpaired) electrons. The van der Waals surface area contributed by atoms with Crippen LogP contribution in [-0.2, 0) is 9.59 Å². The molecule has 1 atom stereocenters. The van der Waals surface area contributed by atoms with Crippen LogP contribution in [0.2, 0.25) is 0 Å². The number of likely N-dealkylation sites (tertiary alicyclic amines) is 1. The van der Waals surface area contributed by atoms with Crippen LogP contribution in [0.5, 0.6) is 11.5 Å². The van der Waals surface area contributed by atoms with Crippen LogP contribution in [0.1, 0.15) is 18.9 Å². The molecule has 1 fully saturated rings. The molecule has 124 valence electrons. The van der Waals surface area contributed by atoms with E-state index < -0.39 is 6.04 Å². The fraction of sp³-hybridized carbons (Fsp3) is 0.263. The highest BCUT2D eigenvalue weighted by molar-refractivity contribution is 6.06. The monoisotopic (exact) mass is 324 g/mol. The third kappa shape index (κ3) is 3.40. The largest absolute Gasteiger partial charge is 0.457 e. The van der Waals surface area contributed by atoms with E-state index in [9.17, 15) is 9.59 Å². The maximum Gasteiger partial charge on any atom is 0.252 e. The summed E-state index contributed by atoms with van der Waals surface area (Å²) in [5.41, 5.74) is 1.97. The Morgan fingerprint density at radius 1 is 1.04 bits per heavy atom. The third-order valence-corrected chi connectivity index (χ3v) is 4.01. The number of benzene rings is 2. The second-order valence-corrected chi connectivity index (χ2v) is 5.82. The molecule has 1 aliphatic heterocycles. The molecule has 0 bridgehead atoms. The van der Waals surface area contributed by atoms with Gasteiger partial charge in [-0.05, 0) is 50.2 Å². The van der Waals surface area contributed by atoms with Crippen molar-refractivity contribution in [2.45, 2.75) is 26.3 Å². The number of carbonyl (C=O) groups is 2. The predicted octanol–water partition coefficient (Wildman–Crippen LogP) is 3.35. The van der Waals surface area contributed by atoms with Crippen LogP contribution in [0.3, 0.4) is 0 Å². The van der Waals surface area contributed by atoms with Gasteiger partial charge >= 0.3 is 0 Å². The summed E-state index contributed by atoms with van der Waals surface area (Å²) in [5.74, 6) is 1.20. The lowest BCUT2D eigenvalue weighted by atomic mass is 10.2. The summed E-state index contributed by atoms with van der Waals surface area (Å²) in [6.45, 7) is 4.24. The molecule has 1 N–H and O–H groups in total. The predicted molar refractivity (Wildman–Crippen MR) is 92.1 cm³/mol. The topological polar surface area (TPSA) is 58.6 Å². The number of carbonyl (C=O) groups excluding carboxylic acids is 2. The maximum absolute atomic E-state index is 12.1. The van der Waals surface area contributed by atoms with Crippen LogP contribution in [0, 0.1) is 6.92 Å². The van der Waals surface area contributed by atoms with Gasteiger partial charge in [-0.3, -0.25) is 14.5 Å². The summed E-state index contributed by atoms with van der Waals surface area (Å²) in [6.07, 6.45) is 0.203. The Bertz CT molecular complexity index is 738. The summed E-state index contributed by atoms with van der Waals surface area (Å²) in [6, 6.07) is 14.7. The van der Waals surface area contributed by atoms with Gasteiger partial charge in [0.2, 0.25) is 5.91 Å². The number of hydrogen-bond acceptors (Lipinski definition) is 4. The van der Waals surface area contributed by atoms with Crippen molar-refractivity contribution in [2.75, 3.05) is 11.9 Å². The van der Waals surface area contributed by atoms with Gasteiger partial charge in [-0.2, -0.15) is 0 Å². The van der Waals surface area contributed by atoms with E-state index in [0.29, 0.717) is 12.3 Å². The zero-order chi connectivity index (χ0) is 17.1. The molecule has 1 heterocycles. The van der Waals surface area contributed by atoms with Gasteiger partial charge < -0.3 is 10.1 Å². The molecule has 3 rings (SSSR count). The average molecular weight is 324 g/mol. The van der Waals surface area contributed by atoms with Crippen LogP contribution in [-0.4, -0.2) is 29.3 Å².